The summed E-state index contributed by atoms with van der Waals surface area (Å²) < 4.78 is 63.1. The average Bonchev–Trinajstić information content (AvgIpc) is 2.59. The minimum Gasteiger partial charge on any atom is -0.392 e. The Morgan fingerprint density at radius 2 is 0.939 bits per heavy atom. The van der Waals surface area contributed by atoms with Crippen molar-refractivity contribution in [3.8, 4) is 0 Å². The lowest BCUT2D eigenvalue weighted by molar-refractivity contribution is -0.115. The molecule has 0 aliphatic rings. The summed E-state index contributed by atoms with van der Waals surface area (Å²) in [6.07, 6.45) is 4.68. The number of aliphatic hydroxyl groups is 1. The van der Waals surface area contributed by atoms with Crippen LogP contribution in [0.1, 0.15) is 32.4 Å². The molecule has 0 aromatic heterocycles. The van der Waals surface area contributed by atoms with E-state index in [0.29, 0.717) is 10.5 Å². The average molecular weight is 525 g/mol. The van der Waals surface area contributed by atoms with Gasteiger partial charge in [0, 0.05) is 25.0 Å². The monoisotopic (exact) mass is 524 g/mol. The van der Waals surface area contributed by atoms with Crippen molar-refractivity contribution in [1.82, 2.24) is 0 Å². The lowest BCUT2D eigenvalue weighted by Gasteiger charge is -1.98. The van der Waals surface area contributed by atoms with Gasteiger partial charge in [-0.15, -0.1) is 0 Å². The molecule has 2 rings (SSSR count). The van der Waals surface area contributed by atoms with Gasteiger partial charge in [0.25, 0.3) is 0 Å². The number of ketones is 1. The quantitative estimate of drug-likeness (QED) is 0.646. The molecule has 0 amide bonds. The summed E-state index contributed by atoms with van der Waals surface area (Å²) in [7, 11) is -8.80. The van der Waals surface area contributed by atoms with Crippen LogP contribution in [0.2, 0.25) is 0 Å². The van der Waals surface area contributed by atoms with Crippen LogP contribution in [0.3, 0.4) is 0 Å². The van der Waals surface area contributed by atoms with E-state index in [4.69, 9.17) is 5.11 Å². The molecule has 33 heavy (non-hydrogen) atoms. The fraction of sp³-hybridized carbons (Fsp3) is 0.409. The largest absolute Gasteiger partial charge is 0.392 e. The van der Waals surface area contributed by atoms with Gasteiger partial charge in [-0.1, -0.05) is 37.3 Å². The lowest BCUT2D eigenvalue weighted by Crippen LogP contribution is -1.96. The number of aryl methyl sites for hydroxylation is 1. The third kappa shape index (κ3) is 22.9. The van der Waals surface area contributed by atoms with Crippen molar-refractivity contribution in [2.24, 2.45) is 0 Å². The van der Waals surface area contributed by atoms with Gasteiger partial charge in [-0.3, -0.25) is 0 Å². The molecule has 0 saturated carbocycles. The maximum Gasteiger partial charge on any atom is 0.175 e. The van der Waals surface area contributed by atoms with Gasteiger partial charge in [0.1, 0.15) is 15.6 Å². The van der Waals surface area contributed by atoms with E-state index in [9.17, 15) is 30.0 Å². The van der Waals surface area contributed by atoms with Crippen molar-refractivity contribution < 1.29 is 35.2 Å². The summed E-state index contributed by atoms with van der Waals surface area (Å²) in [5.41, 5.74) is 1.78. The van der Waals surface area contributed by atoms with Gasteiger partial charge in [0.2, 0.25) is 0 Å². The van der Waals surface area contributed by atoms with Crippen LogP contribution >= 0.6 is 0 Å². The first-order chi connectivity index (χ1) is 14.3. The third-order valence-electron chi connectivity index (χ3n) is 2.98. The van der Waals surface area contributed by atoms with Crippen LogP contribution in [0.25, 0.3) is 0 Å². The topological polar surface area (TPSA) is 140 Å². The number of hydrogen-bond donors (Lipinski definition) is 1. The molecule has 0 fully saturated rings. The first-order valence-corrected chi connectivity index (χ1v) is 15.1. The summed E-state index contributed by atoms with van der Waals surface area (Å²) in [6.45, 7) is 4.91. The predicted molar refractivity (Wildman–Crippen MR) is 134 cm³/mol. The Balaban J connectivity index is -0.000000395. The van der Waals surface area contributed by atoms with E-state index >= 15 is 0 Å². The zero-order valence-corrected chi connectivity index (χ0v) is 21.8. The highest BCUT2D eigenvalue weighted by atomic mass is 32.2. The molecule has 190 valence electrons. The first-order valence-electron chi connectivity index (χ1n) is 9.06. The molecule has 0 heterocycles. The smallest absolute Gasteiger partial charge is 0.175 e. The van der Waals surface area contributed by atoms with Crippen molar-refractivity contribution in [3.05, 3.63) is 59.7 Å². The molecule has 0 radical (unpaired) electrons. The maximum atomic E-state index is 11.0. The molecule has 0 bridgehead atoms. The van der Waals surface area contributed by atoms with Crippen molar-refractivity contribution in [1.29, 1.82) is 0 Å². The second-order valence-corrected chi connectivity index (χ2v) is 13.5. The maximum absolute atomic E-state index is 11.0. The number of rotatable bonds is 3. The second kappa shape index (κ2) is 15.7. The SMILES string of the molecule is C.CC(C)=O.CS(=O)(=O)c1ccc(CO)cc1.CS(C)(=O)=O.Cc1ccc(S(C)(=O)=O)cc1. The molecular weight excluding hydrogens is 488 g/mol. The number of carbonyl (C=O) groups is 1. The molecule has 0 unspecified atom stereocenters. The number of Topliss-reactive ketones (excluding diaryl/α,β-unsaturated/α-hetero) is 1. The Kier molecular flexibility index (Phi) is 16.9. The van der Waals surface area contributed by atoms with Crippen LogP contribution in [-0.4, -0.2) is 61.2 Å². The predicted octanol–water partition coefficient (Wildman–Crippen LogP) is 2.87. The van der Waals surface area contributed by atoms with E-state index < -0.39 is 29.5 Å². The Bertz CT molecular complexity index is 1140. The molecule has 2 aromatic carbocycles. The number of sulfone groups is 3. The van der Waals surface area contributed by atoms with E-state index in [1.54, 1.807) is 36.4 Å². The van der Waals surface area contributed by atoms with Crippen molar-refractivity contribution in [3.63, 3.8) is 0 Å². The Labute approximate surface area is 199 Å². The lowest BCUT2D eigenvalue weighted by atomic mass is 10.2. The highest BCUT2D eigenvalue weighted by Crippen LogP contribution is 2.10. The Morgan fingerprint density at radius 3 is 1.15 bits per heavy atom. The Hall–Kier alpha value is -2.08. The van der Waals surface area contributed by atoms with Gasteiger partial charge in [0.15, 0.2) is 19.7 Å². The van der Waals surface area contributed by atoms with Gasteiger partial charge >= 0.3 is 0 Å². The van der Waals surface area contributed by atoms with Gasteiger partial charge < -0.3 is 9.90 Å². The van der Waals surface area contributed by atoms with Crippen LogP contribution < -0.4 is 0 Å². The zero-order chi connectivity index (χ0) is 25.8. The number of aliphatic hydroxyl groups excluding tert-OH is 1. The van der Waals surface area contributed by atoms with Gasteiger partial charge in [-0.2, -0.15) is 0 Å². The minimum atomic E-state index is -3.11. The molecule has 2 aromatic rings. The van der Waals surface area contributed by atoms with Crippen LogP contribution in [0.15, 0.2) is 58.3 Å². The van der Waals surface area contributed by atoms with Crippen LogP contribution in [0.4, 0.5) is 0 Å². The van der Waals surface area contributed by atoms with Gasteiger partial charge in [0.05, 0.1) is 16.4 Å². The van der Waals surface area contributed by atoms with E-state index in [1.165, 1.54) is 32.2 Å². The number of hydrogen-bond acceptors (Lipinski definition) is 8. The van der Waals surface area contributed by atoms with E-state index in [-0.39, 0.29) is 24.7 Å². The third-order valence-corrected chi connectivity index (χ3v) is 5.24. The second-order valence-electron chi connectivity index (χ2n) is 7.21. The highest BCUT2D eigenvalue weighted by Gasteiger charge is 2.05. The Morgan fingerprint density at radius 1 is 0.697 bits per heavy atom. The van der Waals surface area contributed by atoms with E-state index in [2.05, 4.69) is 0 Å². The summed E-state index contributed by atoms with van der Waals surface area (Å²) in [5, 5.41) is 8.68. The summed E-state index contributed by atoms with van der Waals surface area (Å²) >= 11 is 0. The molecule has 0 atom stereocenters. The molecule has 0 aliphatic carbocycles. The van der Waals surface area contributed by atoms with Crippen LogP contribution in [0.5, 0.6) is 0 Å². The summed E-state index contributed by atoms with van der Waals surface area (Å²) in [6, 6.07) is 13.0. The first kappa shape index (κ1) is 35.5. The summed E-state index contributed by atoms with van der Waals surface area (Å²) in [5.74, 6) is 0.167. The molecule has 0 spiro atoms. The van der Waals surface area contributed by atoms with E-state index in [1.807, 2.05) is 6.92 Å². The molecular formula is C22H36O8S3. The number of benzene rings is 2. The molecule has 1 N–H and O–H groups in total. The van der Waals surface area contributed by atoms with Crippen molar-refractivity contribution >= 4 is 35.3 Å². The zero-order valence-electron chi connectivity index (χ0n) is 19.4. The normalized spacial score (nSPS) is 10.5. The van der Waals surface area contributed by atoms with Gasteiger partial charge in [-0.25, -0.2) is 25.3 Å². The molecule has 0 aliphatic heterocycles. The molecule has 8 nitrogen and oxygen atoms in total. The van der Waals surface area contributed by atoms with Crippen LogP contribution in [-0.2, 0) is 40.9 Å². The molecule has 0 saturated heterocycles. The number of carbonyl (C=O) groups excluding carboxylic acids is 1. The fourth-order valence-electron chi connectivity index (χ4n) is 1.63. The summed E-state index contributed by atoms with van der Waals surface area (Å²) in [4.78, 5) is 10.1. The molecule has 11 heteroatoms. The minimum absolute atomic E-state index is 0. The standard InChI is InChI=1S/C8H10O3S.C8H10O2S.C3H6O.C2H6O2S.CH4/c1-12(10,11)8-4-2-7(6-9)3-5-8;1-7-3-5-8(6-4-7)11(2,9)10;1-3(2)4;1-5(2,3)4;/h2-5,9H,6H2,1H3;3-6H,1-2H3;1-2H3;1-2H3;1H4. The van der Waals surface area contributed by atoms with Crippen LogP contribution in [0, 0.1) is 6.92 Å². The van der Waals surface area contributed by atoms with Crippen molar-refractivity contribution in [2.45, 2.75) is 44.6 Å². The van der Waals surface area contributed by atoms with Gasteiger partial charge in [-0.05, 0) is 50.6 Å². The highest BCUT2D eigenvalue weighted by molar-refractivity contribution is 7.91. The fourth-order valence-corrected chi connectivity index (χ4v) is 2.89. The van der Waals surface area contributed by atoms with E-state index in [0.717, 1.165) is 24.3 Å². The van der Waals surface area contributed by atoms with Crippen molar-refractivity contribution in [2.75, 3.05) is 25.0 Å².